The van der Waals surface area contributed by atoms with Crippen LogP contribution in [-0.2, 0) is 0 Å². The van der Waals surface area contributed by atoms with Crippen LogP contribution in [-0.4, -0.2) is 6.03 Å². The summed E-state index contributed by atoms with van der Waals surface area (Å²) in [6.07, 6.45) is 0. The number of hydrogen-bond acceptors (Lipinski definition) is 2. The van der Waals surface area contributed by atoms with Crippen molar-refractivity contribution in [3.63, 3.8) is 0 Å². The van der Waals surface area contributed by atoms with Gasteiger partial charge in [0.05, 0.1) is 0 Å². The second-order valence-electron chi connectivity index (χ2n) is 4.61. The molecule has 2 aromatic carbocycles. The molecular weight excluding hydrogens is 274 g/mol. The predicted molar refractivity (Wildman–Crippen MR) is 84.4 cm³/mol. The quantitative estimate of drug-likeness (QED) is 0.726. The summed E-state index contributed by atoms with van der Waals surface area (Å²) in [6.45, 7) is 3.80. The fourth-order valence-corrected chi connectivity index (χ4v) is 1.92. The van der Waals surface area contributed by atoms with Gasteiger partial charge < -0.3 is 16.4 Å². The van der Waals surface area contributed by atoms with E-state index in [1.165, 1.54) is 0 Å². The second kappa shape index (κ2) is 5.84. The van der Waals surface area contributed by atoms with Gasteiger partial charge in [-0.2, -0.15) is 0 Å². The van der Waals surface area contributed by atoms with Gasteiger partial charge in [-0.25, -0.2) is 4.79 Å². The molecule has 0 saturated heterocycles. The Labute approximate surface area is 122 Å². The third-order valence-electron chi connectivity index (χ3n) is 2.96. The Balaban J connectivity index is 2.08. The lowest BCUT2D eigenvalue weighted by atomic mass is 10.1. The molecule has 0 unspecified atom stereocenters. The Bertz CT molecular complexity index is 638. The number of aryl methyl sites for hydroxylation is 2. The highest BCUT2D eigenvalue weighted by molar-refractivity contribution is 6.30. The summed E-state index contributed by atoms with van der Waals surface area (Å²) in [4.78, 5) is 11.9. The van der Waals surface area contributed by atoms with Crippen molar-refractivity contribution in [2.45, 2.75) is 13.8 Å². The normalized spacial score (nSPS) is 10.2. The number of nitrogens with one attached hydrogen (secondary N) is 2. The third-order valence-corrected chi connectivity index (χ3v) is 3.22. The van der Waals surface area contributed by atoms with Gasteiger partial charge in [0.25, 0.3) is 0 Å². The molecule has 4 N–H and O–H groups in total. The molecule has 0 aliphatic heterocycles. The summed E-state index contributed by atoms with van der Waals surface area (Å²) < 4.78 is 0. The fourth-order valence-electron chi connectivity index (χ4n) is 1.79. The van der Waals surface area contributed by atoms with E-state index in [2.05, 4.69) is 10.6 Å². The molecule has 2 amide bonds. The molecule has 20 heavy (non-hydrogen) atoms. The van der Waals surface area contributed by atoms with Crippen molar-refractivity contribution in [1.82, 2.24) is 0 Å². The summed E-state index contributed by atoms with van der Waals surface area (Å²) in [5.74, 6) is 0. The van der Waals surface area contributed by atoms with E-state index in [0.717, 1.165) is 16.8 Å². The highest BCUT2D eigenvalue weighted by Crippen LogP contribution is 2.22. The summed E-state index contributed by atoms with van der Waals surface area (Å²) in [7, 11) is 0. The van der Waals surface area contributed by atoms with Gasteiger partial charge in [-0.3, -0.25) is 0 Å². The highest BCUT2D eigenvalue weighted by atomic mass is 35.5. The summed E-state index contributed by atoms with van der Waals surface area (Å²) >= 11 is 5.79. The molecular formula is C15H16ClN3O. The maximum Gasteiger partial charge on any atom is 0.323 e. The number of rotatable bonds is 2. The summed E-state index contributed by atoms with van der Waals surface area (Å²) in [5.41, 5.74) is 9.79. The Morgan fingerprint density at radius 1 is 1.05 bits per heavy atom. The lowest BCUT2D eigenvalue weighted by Gasteiger charge is -2.12. The van der Waals surface area contributed by atoms with Crippen molar-refractivity contribution < 1.29 is 4.79 Å². The molecule has 0 spiro atoms. The van der Waals surface area contributed by atoms with Crippen LogP contribution in [0.5, 0.6) is 0 Å². The zero-order valence-electron chi connectivity index (χ0n) is 11.3. The average molecular weight is 290 g/mol. The molecule has 0 saturated carbocycles. The minimum absolute atomic E-state index is 0.306. The SMILES string of the molecule is Cc1cc(NC(=O)Nc2ccc(Cl)cc2)c(C)cc1N. The molecule has 0 radical (unpaired) electrons. The number of nitrogens with two attached hydrogens (primary N) is 1. The van der Waals surface area contributed by atoms with Gasteiger partial charge in [-0.1, -0.05) is 11.6 Å². The van der Waals surface area contributed by atoms with Crippen LogP contribution in [0.2, 0.25) is 5.02 Å². The number of carbonyl (C=O) groups excluding carboxylic acids is 1. The van der Waals surface area contributed by atoms with Gasteiger partial charge >= 0.3 is 6.03 Å². The van der Waals surface area contributed by atoms with Crippen molar-refractivity contribution in [3.05, 3.63) is 52.5 Å². The first-order valence-electron chi connectivity index (χ1n) is 6.16. The first-order valence-corrected chi connectivity index (χ1v) is 6.54. The average Bonchev–Trinajstić information content (AvgIpc) is 2.39. The molecule has 0 atom stereocenters. The Morgan fingerprint density at radius 3 is 2.35 bits per heavy atom. The molecule has 0 aliphatic carbocycles. The summed E-state index contributed by atoms with van der Waals surface area (Å²) in [6, 6.07) is 10.3. The van der Waals surface area contributed by atoms with Crippen LogP contribution in [0.25, 0.3) is 0 Å². The van der Waals surface area contributed by atoms with Crippen molar-refractivity contribution in [1.29, 1.82) is 0 Å². The molecule has 2 aromatic rings. The van der Waals surface area contributed by atoms with Crippen molar-refractivity contribution in [2.24, 2.45) is 0 Å². The lowest BCUT2D eigenvalue weighted by molar-refractivity contribution is 0.262. The lowest BCUT2D eigenvalue weighted by Crippen LogP contribution is -2.20. The molecule has 2 rings (SSSR count). The number of carbonyl (C=O) groups is 1. The van der Waals surface area contributed by atoms with E-state index in [0.29, 0.717) is 16.4 Å². The van der Waals surface area contributed by atoms with Crippen LogP contribution in [0.4, 0.5) is 21.9 Å². The van der Waals surface area contributed by atoms with Gasteiger partial charge in [0.15, 0.2) is 0 Å². The number of anilines is 3. The van der Waals surface area contributed by atoms with E-state index in [-0.39, 0.29) is 6.03 Å². The van der Waals surface area contributed by atoms with Gasteiger partial charge in [0.2, 0.25) is 0 Å². The number of halogens is 1. The van der Waals surface area contributed by atoms with E-state index in [4.69, 9.17) is 17.3 Å². The monoisotopic (exact) mass is 289 g/mol. The zero-order chi connectivity index (χ0) is 14.7. The van der Waals surface area contributed by atoms with Crippen LogP contribution in [0.1, 0.15) is 11.1 Å². The van der Waals surface area contributed by atoms with E-state index in [9.17, 15) is 4.79 Å². The van der Waals surface area contributed by atoms with Gasteiger partial charge in [0.1, 0.15) is 0 Å². The Hall–Kier alpha value is -2.20. The van der Waals surface area contributed by atoms with Gasteiger partial charge in [-0.05, 0) is 61.4 Å². The minimum Gasteiger partial charge on any atom is -0.399 e. The topological polar surface area (TPSA) is 67.2 Å². The number of nitrogen functional groups attached to an aromatic ring is 1. The van der Waals surface area contributed by atoms with E-state index < -0.39 is 0 Å². The zero-order valence-corrected chi connectivity index (χ0v) is 12.1. The molecule has 104 valence electrons. The minimum atomic E-state index is -0.306. The molecule has 0 fully saturated rings. The van der Waals surface area contributed by atoms with Crippen LogP contribution < -0.4 is 16.4 Å². The fraction of sp³-hybridized carbons (Fsp3) is 0.133. The second-order valence-corrected chi connectivity index (χ2v) is 5.05. The molecule has 0 aromatic heterocycles. The third kappa shape index (κ3) is 3.42. The molecule has 0 bridgehead atoms. The summed E-state index contributed by atoms with van der Waals surface area (Å²) in [5, 5.41) is 6.17. The van der Waals surface area contributed by atoms with E-state index >= 15 is 0 Å². The molecule has 0 heterocycles. The van der Waals surface area contributed by atoms with E-state index in [1.54, 1.807) is 24.3 Å². The largest absolute Gasteiger partial charge is 0.399 e. The predicted octanol–water partition coefficient (Wildman–Crippen LogP) is 4.18. The number of amides is 2. The van der Waals surface area contributed by atoms with Crippen LogP contribution >= 0.6 is 11.6 Å². The number of benzene rings is 2. The van der Waals surface area contributed by atoms with Crippen LogP contribution in [0.3, 0.4) is 0 Å². The highest BCUT2D eigenvalue weighted by Gasteiger charge is 2.07. The first-order chi connectivity index (χ1) is 9.45. The van der Waals surface area contributed by atoms with Gasteiger partial charge in [0, 0.05) is 22.1 Å². The standard InChI is InChI=1S/C15H16ClN3O/c1-9-8-14(10(2)7-13(9)17)19-15(20)18-12-5-3-11(16)4-6-12/h3-8H,17H2,1-2H3,(H2,18,19,20). The number of hydrogen-bond donors (Lipinski definition) is 3. The van der Waals surface area contributed by atoms with Crippen LogP contribution in [0.15, 0.2) is 36.4 Å². The first kappa shape index (κ1) is 14.2. The Morgan fingerprint density at radius 2 is 1.70 bits per heavy atom. The molecule has 4 nitrogen and oxygen atoms in total. The van der Waals surface area contributed by atoms with Crippen LogP contribution in [0, 0.1) is 13.8 Å². The van der Waals surface area contributed by atoms with Gasteiger partial charge in [-0.15, -0.1) is 0 Å². The maximum atomic E-state index is 11.9. The Kier molecular flexibility index (Phi) is 4.15. The van der Waals surface area contributed by atoms with E-state index in [1.807, 2.05) is 26.0 Å². The maximum absolute atomic E-state index is 11.9. The van der Waals surface area contributed by atoms with Crippen molar-refractivity contribution >= 4 is 34.7 Å². The smallest absolute Gasteiger partial charge is 0.323 e. The van der Waals surface area contributed by atoms with Crippen molar-refractivity contribution in [3.8, 4) is 0 Å². The van der Waals surface area contributed by atoms with Crippen molar-refractivity contribution in [2.75, 3.05) is 16.4 Å². The molecule has 5 heteroatoms. The number of urea groups is 1. The molecule has 0 aliphatic rings.